The molecule has 0 aromatic rings. The molecule has 0 heterocycles. The maximum atomic E-state index is 10.4. The lowest BCUT2D eigenvalue weighted by Gasteiger charge is -1.99. The summed E-state index contributed by atoms with van der Waals surface area (Å²) in [6.07, 6.45) is 1.79. The van der Waals surface area contributed by atoms with Gasteiger partial charge >= 0.3 is 0 Å². The van der Waals surface area contributed by atoms with E-state index in [9.17, 15) is 4.79 Å². The van der Waals surface area contributed by atoms with E-state index in [1.165, 1.54) is 6.92 Å². The van der Waals surface area contributed by atoms with Gasteiger partial charge in [0.2, 0.25) is 5.91 Å². The summed E-state index contributed by atoms with van der Waals surface area (Å²) in [6, 6.07) is 0. The van der Waals surface area contributed by atoms with Crippen LogP contribution in [0.25, 0.3) is 0 Å². The molecular weight excluding hydrogens is 212 g/mol. The molecule has 6 N–H and O–H groups in total. The SMILES string of the molecule is CC(=O)NCCCCN=C(N)N.CC(=O)O. The van der Waals surface area contributed by atoms with Gasteiger partial charge in [-0.1, -0.05) is 0 Å². The molecule has 0 bridgehead atoms. The van der Waals surface area contributed by atoms with Gasteiger partial charge in [0, 0.05) is 26.9 Å². The number of unbranched alkanes of at least 4 members (excludes halogenated alkanes) is 1. The molecule has 16 heavy (non-hydrogen) atoms. The van der Waals surface area contributed by atoms with Crippen LogP contribution in [-0.2, 0) is 9.59 Å². The normalized spacial score (nSPS) is 8.38. The van der Waals surface area contributed by atoms with E-state index < -0.39 is 5.97 Å². The van der Waals surface area contributed by atoms with E-state index in [0.29, 0.717) is 13.1 Å². The second-order valence-electron chi connectivity index (χ2n) is 3.02. The Morgan fingerprint density at radius 1 is 1.25 bits per heavy atom. The van der Waals surface area contributed by atoms with Gasteiger partial charge in [-0.2, -0.15) is 0 Å². The van der Waals surface area contributed by atoms with Crippen molar-refractivity contribution >= 4 is 17.8 Å². The van der Waals surface area contributed by atoms with Crippen LogP contribution < -0.4 is 16.8 Å². The van der Waals surface area contributed by atoms with Crippen LogP contribution >= 0.6 is 0 Å². The van der Waals surface area contributed by atoms with Crippen molar-refractivity contribution < 1.29 is 14.7 Å². The quantitative estimate of drug-likeness (QED) is 0.282. The Morgan fingerprint density at radius 3 is 2.12 bits per heavy atom. The highest BCUT2D eigenvalue weighted by Crippen LogP contribution is 1.86. The van der Waals surface area contributed by atoms with Crippen molar-refractivity contribution in [1.82, 2.24) is 5.32 Å². The minimum Gasteiger partial charge on any atom is -0.481 e. The number of aliphatic carboxylic acids is 1. The van der Waals surface area contributed by atoms with Crippen molar-refractivity contribution in [2.24, 2.45) is 16.5 Å². The van der Waals surface area contributed by atoms with Crippen molar-refractivity contribution in [3.8, 4) is 0 Å². The average Bonchev–Trinajstić information content (AvgIpc) is 2.09. The van der Waals surface area contributed by atoms with E-state index >= 15 is 0 Å². The van der Waals surface area contributed by atoms with Gasteiger partial charge in [0.05, 0.1) is 0 Å². The summed E-state index contributed by atoms with van der Waals surface area (Å²) in [7, 11) is 0. The van der Waals surface area contributed by atoms with Crippen LogP contribution in [0, 0.1) is 0 Å². The van der Waals surface area contributed by atoms with Gasteiger partial charge in [0.25, 0.3) is 5.97 Å². The Bertz CT molecular complexity index is 233. The molecule has 94 valence electrons. The summed E-state index contributed by atoms with van der Waals surface area (Å²) < 4.78 is 0. The Kier molecular flexibility index (Phi) is 11.7. The van der Waals surface area contributed by atoms with E-state index in [1.807, 2.05) is 0 Å². The molecule has 0 saturated heterocycles. The van der Waals surface area contributed by atoms with Gasteiger partial charge < -0.3 is 21.9 Å². The van der Waals surface area contributed by atoms with Crippen molar-refractivity contribution in [2.45, 2.75) is 26.7 Å². The van der Waals surface area contributed by atoms with Gasteiger partial charge in [-0.15, -0.1) is 0 Å². The number of nitrogens with two attached hydrogens (primary N) is 2. The summed E-state index contributed by atoms with van der Waals surface area (Å²) in [6.45, 7) is 3.90. The van der Waals surface area contributed by atoms with Crippen LogP contribution in [0.4, 0.5) is 0 Å². The van der Waals surface area contributed by atoms with E-state index in [4.69, 9.17) is 21.4 Å². The van der Waals surface area contributed by atoms with Crippen LogP contribution in [0.3, 0.4) is 0 Å². The van der Waals surface area contributed by atoms with Gasteiger partial charge in [0.1, 0.15) is 0 Å². The second kappa shape index (κ2) is 11.3. The van der Waals surface area contributed by atoms with Gasteiger partial charge in [0.15, 0.2) is 5.96 Å². The third-order valence-corrected chi connectivity index (χ3v) is 1.25. The first-order valence-electron chi connectivity index (χ1n) is 4.85. The molecule has 0 aliphatic heterocycles. The lowest BCUT2D eigenvalue weighted by atomic mass is 10.3. The number of carbonyl (C=O) groups is 2. The number of amides is 1. The predicted molar refractivity (Wildman–Crippen MR) is 61.9 cm³/mol. The van der Waals surface area contributed by atoms with Crippen molar-refractivity contribution in [3.05, 3.63) is 0 Å². The standard InChI is InChI=1S/C7H16N4O.C2H4O2/c1-6(12)10-4-2-3-5-11-7(8)9;1-2(3)4/h2-5H2,1H3,(H,10,12)(H4,8,9,11);1H3,(H,3,4). The molecule has 0 fully saturated rings. The zero-order valence-electron chi connectivity index (χ0n) is 9.69. The summed E-state index contributed by atoms with van der Waals surface area (Å²) >= 11 is 0. The number of hydrogen-bond donors (Lipinski definition) is 4. The van der Waals surface area contributed by atoms with E-state index in [1.54, 1.807) is 0 Å². The molecule has 0 spiro atoms. The van der Waals surface area contributed by atoms with Crippen LogP contribution in [0.2, 0.25) is 0 Å². The van der Waals surface area contributed by atoms with Crippen molar-refractivity contribution in [3.63, 3.8) is 0 Å². The van der Waals surface area contributed by atoms with Gasteiger partial charge in [-0.05, 0) is 12.8 Å². The molecule has 0 aromatic heterocycles. The number of carboxylic acid groups (broad SMARTS) is 1. The Labute approximate surface area is 94.9 Å². The fourth-order valence-corrected chi connectivity index (χ4v) is 0.709. The molecule has 0 aromatic carbocycles. The molecule has 0 unspecified atom stereocenters. The van der Waals surface area contributed by atoms with E-state index in [-0.39, 0.29) is 11.9 Å². The smallest absolute Gasteiger partial charge is 0.300 e. The lowest BCUT2D eigenvalue weighted by molar-refractivity contribution is -0.134. The third-order valence-electron chi connectivity index (χ3n) is 1.25. The lowest BCUT2D eigenvalue weighted by Crippen LogP contribution is -2.23. The predicted octanol–water partition coefficient (Wildman–Crippen LogP) is -0.733. The fourth-order valence-electron chi connectivity index (χ4n) is 0.709. The van der Waals surface area contributed by atoms with E-state index in [2.05, 4.69) is 10.3 Å². The Balaban J connectivity index is 0. The number of carboxylic acids is 1. The van der Waals surface area contributed by atoms with Crippen LogP contribution in [0.15, 0.2) is 4.99 Å². The number of hydrogen-bond acceptors (Lipinski definition) is 3. The number of nitrogens with one attached hydrogen (secondary N) is 1. The molecular formula is C9H20N4O3. The highest BCUT2D eigenvalue weighted by molar-refractivity contribution is 5.75. The maximum Gasteiger partial charge on any atom is 0.300 e. The molecule has 7 heteroatoms. The monoisotopic (exact) mass is 232 g/mol. The highest BCUT2D eigenvalue weighted by Gasteiger charge is 1.90. The molecule has 0 radical (unpaired) electrons. The summed E-state index contributed by atoms with van der Waals surface area (Å²) in [5.41, 5.74) is 10.2. The minimum atomic E-state index is -0.833. The Morgan fingerprint density at radius 2 is 1.75 bits per heavy atom. The summed E-state index contributed by atoms with van der Waals surface area (Å²) in [4.78, 5) is 23.2. The number of nitrogens with zero attached hydrogens (tertiary/aromatic N) is 1. The van der Waals surface area contributed by atoms with Crippen molar-refractivity contribution in [1.29, 1.82) is 0 Å². The molecule has 0 rings (SSSR count). The van der Waals surface area contributed by atoms with Gasteiger partial charge in [-0.3, -0.25) is 14.6 Å². The van der Waals surface area contributed by atoms with Crippen LogP contribution in [0.1, 0.15) is 26.7 Å². The fraction of sp³-hybridized carbons (Fsp3) is 0.667. The zero-order valence-corrected chi connectivity index (χ0v) is 9.69. The first kappa shape index (κ1) is 16.6. The number of guanidine groups is 1. The summed E-state index contributed by atoms with van der Waals surface area (Å²) in [5.74, 6) is -0.716. The number of aliphatic imine (C=N–C) groups is 1. The topological polar surface area (TPSA) is 131 Å². The number of rotatable bonds is 5. The van der Waals surface area contributed by atoms with Crippen molar-refractivity contribution in [2.75, 3.05) is 13.1 Å². The first-order chi connectivity index (χ1) is 7.36. The second-order valence-corrected chi connectivity index (χ2v) is 3.02. The van der Waals surface area contributed by atoms with Crippen LogP contribution in [-0.4, -0.2) is 36.0 Å². The molecule has 0 saturated carbocycles. The minimum absolute atomic E-state index is 0.00293. The van der Waals surface area contributed by atoms with Gasteiger partial charge in [-0.25, -0.2) is 0 Å². The summed E-state index contributed by atoms with van der Waals surface area (Å²) in [5, 5.41) is 10.1. The average molecular weight is 232 g/mol. The maximum absolute atomic E-state index is 10.4. The highest BCUT2D eigenvalue weighted by atomic mass is 16.4. The molecule has 7 nitrogen and oxygen atoms in total. The first-order valence-corrected chi connectivity index (χ1v) is 4.85. The Hall–Kier alpha value is -1.79. The zero-order chi connectivity index (χ0) is 13.0. The number of carbonyl (C=O) groups excluding carboxylic acids is 1. The molecule has 0 aliphatic carbocycles. The largest absolute Gasteiger partial charge is 0.481 e. The molecule has 0 atom stereocenters. The third kappa shape index (κ3) is 29.5. The van der Waals surface area contributed by atoms with E-state index in [0.717, 1.165) is 19.8 Å². The molecule has 1 amide bonds. The van der Waals surface area contributed by atoms with Crippen LogP contribution in [0.5, 0.6) is 0 Å². The molecule has 0 aliphatic rings.